The van der Waals surface area contributed by atoms with Crippen molar-refractivity contribution in [3.05, 3.63) is 0 Å². The number of ether oxygens (including phenoxy) is 1. The minimum Gasteiger partial charge on any atom is -0.370 e. The number of hydrogen-bond donors (Lipinski definition) is 0. The Hall–Kier alpha value is -0.220. The van der Waals surface area contributed by atoms with Crippen LogP contribution in [0.4, 0.5) is 8.78 Å². The zero-order valence-corrected chi connectivity index (χ0v) is 8.39. The largest absolute Gasteiger partial charge is 0.370 e. The first-order chi connectivity index (χ1) is 5.91. The number of halogens is 2. The second kappa shape index (κ2) is 3.88. The maximum Gasteiger partial charge on any atom is 0.265 e. The minimum absolute atomic E-state index is 0.0447. The Kier molecular flexibility index (Phi) is 3.24. The molecule has 0 amide bonds. The van der Waals surface area contributed by atoms with E-state index in [1.807, 2.05) is 25.7 Å². The molecule has 1 unspecified atom stereocenters. The van der Waals surface area contributed by atoms with Crippen molar-refractivity contribution in [2.45, 2.75) is 38.8 Å². The molecule has 2 nitrogen and oxygen atoms in total. The van der Waals surface area contributed by atoms with Gasteiger partial charge in [-0.25, -0.2) is 8.78 Å². The molecule has 0 aromatic rings. The average Bonchev–Trinajstić information content (AvgIpc) is 2.03. The molecule has 1 saturated heterocycles. The molecule has 0 aliphatic carbocycles. The molecule has 0 aromatic carbocycles. The van der Waals surface area contributed by atoms with Crippen molar-refractivity contribution in [1.29, 1.82) is 0 Å². The zero-order chi connectivity index (χ0) is 10.1. The summed E-state index contributed by atoms with van der Waals surface area (Å²) in [7, 11) is 0. The van der Waals surface area contributed by atoms with E-state index < -0.39 is 12.5 Å². The second-order valence-electron chi connectivity index (χ2n) is 4.36. The number of alkyl halides is 2. The molecule has 0 bridgehead atoms. The topological polar surface area (TPSA) is 12.5 Å². The first-order valence-corrected chi connectivity index (χ1v) is 4.56. The van der Waals surface area contributed by atoms with Gasteiger partial charge in [0.15, 0.2) is 0 Å². The fourth-order valence-electron chi connectivity index (χ4n) is 1.44. The van der Waals surface area contributed by atoms with Gasteiger partial charge in [-0.2, -0.15) is 0 Å². The van der Waals surface area contributed by atoms with Gasteiger partial charge in [0.2, 0.25) is 0 Å². The summed E-state index contributed by atoms with van der Waals surface area (Å²) < 4.78 is 29.6. The Bertz CT molecular complexity index is 167. The van der Waals surface area contributed by atoms with Gasteiger partial charge in [-0.05, 0) is 20.8 Å². The fraction of sp³-hybridized carbons (Fsp3) is 1.00. The molecule has 0 aromatic heterocycles. The summed E-state index contributed by atoms with van der Waals surface area (Å²) in [4.78, 5) is 2.04. The zero-order valence-electron chi connectivity index (χ0n) is 8.39. The van der Waals surface area contributed by atoms with Crippen molar-refractivity contribution in [1.82, 2.24) is 4.90 Å². The van der Waals surface area contributed by atoms with Gasteiger partial charge >= 0.3 is 0 Å². The van der Waals surface area contributed by atoms with Crippen LogP contribution in [0, 0.1) is 0 Å². The molecule has 1 atom stereocenters. The lowest BCUT2D eigenvalue weighted by Gasteiger charge is -2.41. The number of nitrogens with zero attached hydrogens (tertiary/aromatic N) is 1. The molecule has 1 aliphatic heterocycles. The maximum atomic E-state index is 12.3. The van der Waals surface area contributed by atoms with Crippen LogP contribution in [0.5, 0.6) is 0 Å². The molecule has 0 saturated carbocycles. The number of morpholine rings is 1. The van der Waals surface area contributed by atoms with Gasteiger partial charge in [-0.3, -0.25) is 4.90 Å². The smallest absolute Gasteiger partial charge is 0.265 e. The fourth-order valence-corrected chi connectivity index (χ4v) is 1.44. The summed E-state index contributed by atoms with van der Waals surface area (Å²) >= 11 is 0. The van der Waals surface area contributed by atoms with Crippen LogP contribution in [0.15, 0.2) is 0 Å². The normalized spacial score (nSPS) is 26.8. The Labute approximate surface area is 77.9 Å². The van der Waals surface area contributed by atoms with Crippen molar-refractivity contribution < 1.29 is 13.5 Å². The molecule has 1 fully saturated rings. The lowest BCUT2D eigenvalue weighted by Crippen LogP contribution is -2.53. The van der Waals surface area contributed by atoms with Crippen LogP contribution in [-0.4, -0.2) is 42.7 Å². The standard InChI is InChI=1S/C9H17F2NO/c1-9(2,3)12-4-5-13-7(6-12)8(10)11/h7-8H,4-6H2,1-3H3. The van der Waals surface area contributed by atoms with Gasteiger partial charge in [0.1, 0.15) is 6.10 Å². The van der Waals surface area contributed by atoms with Crippen LogP contribution in [0.2, 0.25) is 0 Å². The van der Waals surface area contributed by atoms with Crippen LogP contribution < -0.4 is 0 Å². The van der Waals surface area contributed by atoms with Crippen molar-refractivity contribution in [2.75, 3.05) is 19.7 Å². The Balaban J connectivity index is 2.52. The molecule has 0 N–H and O–H groups in total. The Morgan fingerprint density at radius 1 is 1.38 bits per heavy atom. The van der Waals surface area contributed by atoms with E-state index in [4.69, 9.17) is 4.74 Å². The summed E-state index contributed by atoms with van der Waals surface area (Å²) in [6.07, 6.45) is -3.28. The lowest BCUT2D eigenvalue weighted by atomic mass is 10.0. The van der Waals surface area contributed by atoms with Gasteiger partial charge in [0, 0.05) is 18.6 Å². The molecule has 1 heterocycles. The third-order valence-corrected chi connectivity index (χ3v) is 2.32. The molecule has 4 heteroatoms. The van der Waals surface area contributed by atoms with Gasteiger partial charge in [0.25, 0.3) is 6.43 Å². The number of hydrogen-bond acceptors (Lipinski definition) is 2. The van der Waals surface area contributed by atoms with Gasteiger partial charge in [-0.1, -0.05) is 0 Å². The Morgan fingerprint density at radius 2 is 2.00 bits per heavy atom. The molecular formula is C9H17F2NO. The monoisotopic (exact) mass is 193 g/mol. The molecule has 1 rings (SSSR count). The number of rotatable bonds is 1. The minimum atomic E-state index is -2.37. The van der Waals surface area contributed by atoms with E-state index in [0.717, 1.165) is 6.54 Å². The van der Waals surface area contributed by atoms with Crippen LogP contribution in [0.25, 0.3) is 0 Å². The summed E-state index contributed by atoms with van der Waals surface area (Å²) in [6, 6.07) is 0. The lowest BCUT2D eigenvalue weighted by molar-refractivity contribution is -0.118. The van der Waals surface area contributed by atoms with E-state index >= 15 is 0 Å². The summed E-state index contributed by atoms with van der Waals surface area (Å²) in [5.74, 6) is 0. The van der Waals surface area contributed by atoms with Gasteiger partial charge in [0.05, 0.1) is 6.61 Å². The molecular weight excluding hydrogens is 176 g/mol. The van der Waals surface area contributed by atoms with Crippen LogP contribution >= 0.6 is 0 Å². The van der Waals surface area contributed by atoms with E-state index in [-0.39, 0.29) is 5.54 Å². The summed E-state index contributed by atoms with van der Waals surface area (Å²) in [5.41, 5.74) is -0.0447. The first-order valence-electron chi connectivity index (χ1n) is 4.56. The third-order valence-electron chi connectivity index (χ3n) is 2.32. The van der Waals surface area contributed by atoms with Crippen molar-refractivity contribution in [2.24, 2.45) is 0 Å². The average molecular weight is 193 g/mol. The summed E-state index contributed by atoms with van der Waals surface area (Å²) in [5, 5.41) is 0. The van der Waals surface area contributed by atoms with E-state index in [0.29, 0.717) is 13.2 Å². The first kappa shape index (κ1) is 10.9. The SMILES string of the molecule is CC(C)(C)N1CCOC(C(F)F)C1. The predicted molar refractivity (Wildman–Crippen MR) is 47.1 cm³/mol. The van der Waals surface area contributed by atoms with E-state index in [9.17, 15) is 8.78 Å². The Morgan fingerprint density at radius 3 is 2.46 bits per heavy atom. The van der Waals surface area contributed by atoms with Crippen molar-refractivity contribution >= 4 is 0 Å². The van der Waals surface area contributed by atoms with Gasteiger partial charge < -0.3 is 4.74 Å². The molecule has 78 valence electrons. The molecule has 13 heavy (non-hydrogen) atoms. The highest BCUT2D eigenvalue weighted by atomic mass is 19.3. The summed E-state index contributed by atoms with van der Waals surface area (Å²) in [6.45, 7) is 7.57. The van der Waals surface area contributed by atoms with E-state index in [2.05, 4.69) is 0 Å². The van der Waals surface area contributed by atoms with Crippen LogP contribution in [-0.2, 0) is 4.74 Å². The molecule has 0 radical (unpaired) electrons. The maximum absolute atomic E-state index is 12.3. The molecule has 1 aliphatic rings. The second-order valence-corrected chi connectivity index (χ2v) is 4.36. The third kappa shape index (κ3) is 2.88. The van der Waals surface area contributed by atoms with Crippen LogP contribution in [0.3, 0.4) is 0 Å². The van der Waals surface area contributed by atoms with Gasteiger partial charge in [-0.15, -0.1) is 0 Å². The quantitative estimate of drug-likeness (QED) is 0.629. The predicted octanol–water partition coefficient (Wildman–Crippen LogP) is 1.75. The molecule has 0 spiro atoms. The van der Waals surface area contributed by atoms with Crippen LogP contribution in [0.1, 0.15) is 20.8 Å². The van der Waals surface area contributed by atoms with Crippen molar-refractivity contribution in [3.63, 3.8) is 0 Å². The highest BCUT2D eigenvalue weighted by molar-refractivity contribution is 4.82. The highest BCUT2D eigenvalue weighted by Crippen LogP contribution is 2.20. The van der Waals surface area contributed by atoms with E-state index in [1.54, 1.807) is 0 Å². The van der Waals surface area contributed by atoms with Crippen molar-refractivity contribution in [3.8, 4) is 0 Å². The highest BCUT2D eigenvalue weighted by Gasteiger charge is 2.32. The van der Waals surface area contributed by atoms with E-state index in [1.165, 1.54) is 0 Å².